The molecule has 1 N–H and O–H groups in total. The summed E-state index contributed by atoms with van der Waals surface area (Å²) < 4.78 is 5.15. The zero-order valence-electron chi connectivity index (χ0n) is 14.7. The van der Waals surface area contributed by atoms with Gasteiger partial charge in [0.2, 0.25) is 0 Å². The van der Waals surface area contributed by atoms with Crippen LogP contribution in [0.15, 0.2) is 48.1 Å². The summed E-state index contributed by atoms with van der Waals surface area (Å²) in [6, 6.07) is 8.74. The van der Waals surface area contributed by atoms with Crippen LogP contribution in [0.4, 0.5) is 9.93 Å². The van der Waals surface area contributed by atoms with Crippen molar-refractivity contribution in [1.82, 2.24) is 19.9 Å². The number of para-hydroxylation sites is 1. The third-order valence-electron chi connectivity index (χ3n) is 3.54. The molecule has 0 radical (unpaired) electrons. The number of hydrogen-bond acceptors (Lipinski definition) is 7. The number of thiazole rings is 1. The third kappa shape index (κ3) is 4.85. The highest BCUT2D eigenvalue weighted by Crippen LogP contribution is 2.18. The van der Waals surface area contributed by atoms with E-state index in [2.05, 4.69) is 20.3 Å². The number of hydrogen-bond donors (Lipinski definition) is 1. The summed E-state index contributed by atoms with van der Waals surface area (Å²) in [6.45, 7) is 2.01. The van der Waals surface area contributed by atoms with E-state index in [1.54, 1.807) is 49.8 Å². The van der Waals surface area contributed by atoms with Gasteiger partial charge in [-0.05, 0) is 19.1 Å². The lowest BCUT2D eigenvalue weighted by atomic mass is 10.3. The summed E-state index contributed by atoms with van der Waals surface area (Å²) in [5, 5.41) is 4.73. The fourth-order valence-electron chi connectivity index (χ4n) is 2.26. The Morgan fingerprint density at radius 2 is 1.93 bits per heavy atom. The number of anilines is 1. The number of ether oxygens (including phenoxy) is 1. The lowest BCUT2D eigenvalue weighted by Crippen LogP contribution is -2.28. The van der Waals surface area contributed by atoms with Crippen LogP contribution in [0.5, 0.6) is 5.75 Å². The molecule has 3 rings (SSSR count). The molecule has 0 spiro atoms. The number of nitrogens with one attached hydrogen (secondary N) is 1. The maximum Gasteiger partial charge on any atom is 0.418 e. The Kier molecular flexibility index (Phi) is 5.72. The van der Waals surface area contributed by atoms with Crippen LogP contribution < -0.4 is 10.1 Å². The second-order valence-electron chi connectivity index (χ2n) is 5.62. The van der Waals surface area contributed by atoms with Crippen LogP contribution in [0, 0.1) is 6.92 Å². The highest BCUT2D eigenvalue weighted by atomic mass is 32.1. The fourth-order valence-corrected chi connectivity index (χ4v) is 2.95. The van der Waals surface area contributed by atoms with E-state index in [0.717, 1.165) is 0 Å². The molecule has 1 aromatic carbocycles. The summed E-state index contributed by atoms with van der Waals surface area (Å²) in [4.78, 5) is 38.3. The van der Waals surface area contributed by atoms with Gasteiger partial charge in [0.15, 0.2) is 5.13 Å². The van der Waals surface area contributed by atoms with Gasteiger partial charge in [0.25, 0.3) is 5.91 Å². The average molecular weight is 383 g/mol. The van der Waals surface area contributed by atoms with E-state index >= 15 is 0 Å². The Hall–Kier alpha value is -3.33. The molecule has 8 nitrogen and oxygen atoms in total. The first-order valence-corrected chi connectivity index (χ1v) is 8.92. The Bertz CT molecular complexity index is 945. The monoisotopic (exact) mass is 383 g/mol. The van der Waals surface area contributed by atoms with Crippen LogP contribution in [0.3, 0.4) is 0 Å². The lowest BCUT2D eigenvalue weighted by Gasteiger charge is -2.15. The van der Waals surface area contributed by atoms with E-state index in [0.29, 0.717) is 28.0 Å². The average Bonchev–Trinajstić information content (AvgIpc) is 3.09. The second-order valence-corrected chi connectivity index (χ2v) is 6.48. The van der Waals surface area contributed by atoms with Crippen molar-refractivity contribution in [2.45, 2.75) is 13.5 Å². The molecule has 2 aromatic heterocycles. The molecule has 2 amide bonds. The molecule has 9 heteroatoms. The molecule has 0 unspecified atom stereocenters. The van der Waals surface area contributed by atoms with Crippen molar-refractivity contribution < 1.29 is 14.3 Å². The fraction of sp³-hybridized carbons (Fsp3) is 0.167. The van der Waals surface area contributed by atoms with E-state index in [4.69, 9.17) is 4.74 Å². The van der Waals surface area contributed by atoms with Crippen LogP contribution in [0.2, 0.25) is 0 Å². The Morgan fingerprint density at radius 1 is 1.19 bits per heavy atom. The van der Waals surface area contributed by atoms with Gasteiger partial charge < -0.3 is 9.64 Å². The Labute approximate surface area is 159 Å². The van der Waals surface area contributed by atoms with Crippen molar-refractivity contribution in [3.63, 3.8) is 0 Å². The van der Waals surface area contributed by atoms with Crippen molar-refractivity contribution in [2.24, 2.45) is 0 Å². The first-order valence-electron chi connectivity index (χ1n) is 8.04. The molecule has 0 aliphatic rings. The highest BCUT2D eigenvalue weighted by molar-refractivity contribution is 7.13. The number of aryl methyl sites for hydroxylation is 1. The number of aromatic nitrogens is 3. The third-order valence-corrected chi connectivity index (χ3v) is 4.35. The van der Waals surface area contributed by atoms with Crippen LogP contribution in [-0.4, -0.2) is 38.9 Å². The number of amides is 2. The van der Waals surface area contributed by atoms with Crippen LogP contribution >= 0.6 is 11.3 Å². The van der Waals surface area contributed by atoms with Gasteiger partial charge >= 0.3 is 6.09 Å². The van der Waals surface area contributed by atoms with Crippen molar-refractivity contribution >= 4 is 28.5 Å². The standard InChI is InChI=1S/C18H17N5O3S/c1-12-15(20-9-8-19-12)16(24)23(2)10-13-11-27-17(21-13)22-18(25)26-14-6-4-3-5-7-14/h3-9,11H,10H2,1-2H3,(H,21,22,25). The molecular formula is C18H17N5O3S. The zero-order chi connectivity index (χ0) is 19.2. The van der Waals surface area contributed by atoms with Gasteiger partial charge in [-0.2, -0.15) is 0 Å². The number of benzene rings is 1. The predicted octanol–water partition coefficient (Wildman–Crippen LogP) is 3.12. The topological polar surface area (TPSA) is 97.3 Å². The van der Waals surface area contributed by atoms with Gasteiger partial charge in [0.1, 0.15) is 11.4 Å². The zero-order valence-corrected chi connectivity index (χ0v) is 15.6. The normalized spacial score (nSPS) is 10.3. The summed E-state index contributed by atoms with van der Waals surface area (Å²) in [7, 11) is 1.66. The number of carbonyl (C=O) groups excluding carboxylic acids is 2. The summed E-state index contributed by atoms with van der Waals surface area (Å²) >= 11 is 1.25. The van der Waals surface area contributed by atoms with Crippen molar-refractivity contribution in [2.75, 3.05) is 12.4 Å². The molecule has 3 aromatic rings. The first-order chi connectivity index (χ1) is 13.0. The van der Waals surface area contributed by atoms with E-state index < -0.39 is 6.09 Å². The minimum Gasteiger partial charge on any atom is -0.410 e. The Morgan fingerprint density at radius 3 is 2.67 bits per heavy atom. The highest BCUT2D eigenvalue weighted by Gasteiger charge is 2.18. The molecule has 138 valence electrons. The maximum atomic E-state index is 12.5. The van der Waals surface area contributed by atoms with E-state index in [9.17, 15) is 9.59 Å². The molecule has 0 bridgehead atoms. The van der Waals surface area contributed by atoms with Gasteiger partial charge in [-0.15, -0.1) is 11.3 Å². The largest absolute Gasteiger partial charge is 0.418 e. The number of nitrogens with zero attached hydrogens (tertiary/aromatic N) is 4. The van der Waals surface area contributed by atoms with E-state index in [-0.39, 0.29) is 12.5 Å². The molecule has 27 heavy (non-hydrogen) atoms. The molecule has 0 atom stereocenters. The van der Waals surface area contributed by atoms with Gasteiger partial charge in [0.05, 0.1) is 17.9 Å². The van der Waals surface area contributed by atoms with Gasteiger partial charge in [-0.1, -0.05) is 18.2 Å². The molecule has 0 aliphatic carbocycles. The molecule has 0 saturated carbocycles. The quantitative estimate of drug-likeness (QED) is 0.727. The molecule has 0 fully saturated rings. The van der Waals surface area contributed by atoms with Gasteiger partial charge in [0, 0.05) is 24.8 Å². The van der Waals surface area contributed by atoms with Crippen molar-refractivity contribution in [1.29, 1.82) is 0 Å². The Balaban J connectivity index is 1.58. The van der Waals surface area contributed by atoms with Crippen LogP contribution in [0.25, 0.3) is 0 Å². The second kappa shape index (κ2) is 8.37. The maximum absolute atomic E-state index is 12.5. The van der Waals surface area contributed by atoms with Gasteiger partial charge in [-0.25, -0.2) is 14.8 Å². The van der Waals surface area contributed by atoms with Crippen molar-refractivity contribution in [3.8, 4) is 5.75 Å². The molecular weight excluding hydrogens is 366 g/mol. The molecule has 0 aliphatic heterocycles. The van der Waals surface area contributed by atoms with Crippen LogP contribution in [-0.2, 0) is 6.54 Å². The molecule has 2 heterocycles. The predicted molar refractivity (Wildman–Crippen MR) is 101 cm³/mol. The minimum atomic E-state index is -0.623. The minimum absolute atomic E-state index is 0.244. The van der Waals surface area contributed by atoms with Gasteiger partial charge in [-0.3, -0.25) is 15.1 Å². The first kappa shape index (κ1) is 18.5. The van der Waals surface area contributed by atoms with Crippen LogP contribution in [0.1, 0.15) is 21.9 Å². The number of carbonyl (C=O) groups is 2. The van der Waals surface area contributed by atoms with E-state index in [1.807, 2.05) is 6.07 Å². The smallest absolute Gasteiger partial charge is 0.410 e. The SMILES string of the molecule is Cc1nccnc1C(=O)N(C)Cc1csc(NC(=O)Oc2ccccc2)n1. The number of rotatable bonds is 5. The lowest BCUT2D eigenvalue weighted by molar-refractivity contribution is 0.0776. The van der Waals surface area contributed by atoms with E-state index in [1.165, 1.54) is 22.4 Å². The molecule has 0 saturated heterocycles. The summed E-state index contributed by atoms with van der Waals surface area (Å²) in [6.07, 6.45) is 2.40. The summed E-state index contributed by atoms with van der Waals surface area (Å²) in [5.41, 5.74) is 1.52. The van der Waals surface area contributed by atoms with Crippen molar-refractivity contribution in [3.05, 3.63) is 65.2 Å². The summed E-state index contributed by atoms with van der Waals surface area (Å²) in [5.74, 6) is 0.197.